The first kappa shape index (κ1) is 10.3. The van der Waals surface area contributed by atoms with Crippen LogP contribution < -0.4 is 0 Å². The van der Waals surface area contributed by atoms with Crippen molar-refractivity contribution >= 4 is 21.8 Å². The lowest BCUT2D eigenvalue weighted by atomic mass is 10.1. The summed E-state index contributed by atoms with van der Waals surface area (Å²) in [5.41, 5.74) is 2.07. The van der Waals surface area contributed by atoms with E-state index in [9.17, 15) is 4.79 Å². The van der Waals surface area contributed by atoms with E-state index in [1.807, 2.05) is 12.1 Å². The van der Waals surface area contributed by atoms with Gasteiger partial charge in [-0.3, -0.25) is 4.79 Å². The quantitative estimate of drug-likeness (QED) is 0.772. The molecule has 3 heteroatoms. The molecule has 16 heavy (non-hydrogen) atoms. The normalized spacial score (nSPS) is 20.6. The molecule has 1 heterocycles. The smallest absolute Gasteiger partial charge is 0.254 e. The lowest BCUT2D eigenvalue weighted by molar-refractivity contribution is 0.0707. The van der Waals surface area contributed by atoms with Crippen LogP contribution in [0, 0.1) is 0 Å². The summed E-state index contributed by atoms with van der Waals surface area (Å²) in [7, 11) is 0. The molecule has 1 aliphatic carbocycles. The molecule has 0 radical (unpaired) electrons. The van der Waals surface area contributed by atoms with E-state index in [1.54, 1.807) is 0 Å². The minimum Gasteiger partial charge on any atom is -0.331 e. The first-order valence-corrected chi connectivity index (χ1v) is 6.64. The van der Waals surface area contributed by atoms with Crippen molar-refractivity contribution in [2.24, 2.45) is 0 Å². The number of nitrogens with zero attached hydrogens (tertiary/aromatic N) is 1. The minimum absolute atomic E-state index is 0.231. The van der Waals surface area contributed by atoms with Crippen molar-refractivity contribution in [2.45, 2.75) is 38.3 Å². The molecule has 0 atom stereocenters. The van der Waals surface area contributed by atoms with E-state index < -0.39 is 0 Å². The summed E-state index contributed by atoms with van der Waals surface area (Å²) in [6.07, 6.45) is 4.91. The number of benzene rings is 1. The Morgan fingerprint density at radius 1 is 1.25 bits per heavy atom. The van der Waals surface area contributed by atoms with Crippen LogP contribution in [0.15, 0.2) is 22.7 Å². The zero-order chi connectivity index (χ0) is 11.1. The molecule has 0 unspecified atom stereocenters. The van der Waals surface area contributed by atoms with Crippen molar-refractivity contribution < 1.29 is 4.79 Å². The highest BCUT2D eigenvalue weighted by Gasteiger charge is 2.33. The predicted octanol–water partition coefficient (Wildman–Crippen LogP) is 3.35. The van der Waals surface area contributed by atoms with Crippen molar-refractivity contribution in [3.8, 4) is 0 Å². The van der Waals surface area contributed by atoms with E-state index in [0.29, 0.717) is 6.04 Å². The largest absolute Gasteiger partial charge is 0.331 e. The molecule has 3 rings (SSSR count). The average Bonchev–Trinajstić information content (AvgIpc) is 2.86. The maximum absolute atomic E-state index is 12.2. The van der Waals surface area contributed by atoms with Crippen LogP contribution in [-0.2, 0) is 6.54 Å². The van der Waals surface area contributed by atoms with Gasteiger partial charge in [-0.25, -0.2) is 0 Å². The Morgan fingerprint density at radius 3 is 2.75 bits per heavy atom. The van der Waals surface area contributed by atoms with Gasteiger partial charge >= 0.3 is 0 Å². The standard InChI is InChI=1S/C13H14BrNO/c14-10-5-6-12-9(7-10)8-15(13(12)16)11-3-1-2-4-11/h5-7,11H,1-4,8H2. The van der Waals surface area contributed by atoms with Gasteiger partial charge in [0.25, 0.3) is 5.91 Å². The lowest BCUT2D eigenvalue weighted by Crippen LogP contribution is -2.33. The van der Waals surface area contributed by atoms with Gasteiger partial charge in [-0.05, 0) is 36.6 Å². The van der Waals surface area contributed by atoms with E-state index in [2.05, 4.69) is 26.9 Å². The zero-order valence-electron chi connectivity index (χ0n) is 9.08. The van der Waals surface area contributed by atoms with E-state index in [1.165, 1.54) is 31.2 Å². The summed E-state index contributed by atoms with van der Waals surface area (Å²) in [6, 6.07) is 6.45. The predicted molar refractivity (Wildman–Crippen MR) is 66.3 cm³/mol. The van der Waals surface area contributed by atoms with Crippen LogP contribution in [0.1, 0.15) is 41.6 Å². The number of fused-ring (bicyclic) bond motifs is 1. The van der Waals surface area contributed by atoms with Crippen LogP contribution in [0.2, 0.25) is 0 Å². The molecule has 0 saturated heterocycles. The van der Waals surface area contributed by atoms with Crippen LogP contribution in [-0.4, -0.2) is 16.8 Å². The van der Waals surface area contributed by atoms with E-state index in [4.69, 9.17) is 0 Å². The number of rotatable bonds is 1. The van der Waals surface area contributed by atoms with Crippen molar-refractivity contribution in [1.29, 1.82) is 0 Å². The number of halogens is 1. The molecule has 0 aromatic heterocycles. The van der Waals surface area contributed by atoms with Gasteiger partial charge in [0, 0.05) is 22.6 Å². The van der Waals surface area contributed by atoms with Crippen LogP contribution >= 0.6 is 15.9 Å². The first-order valence-electron chi connectivity index (χ1n) is 5.85. The Bertz CT molecular complexity index is 438. The van der Waals surface area contributed by atoms with Gasteiger partial charge in [0.1, 0.15) is 0 Å². The van der Waals surface area contributed by atoms with Crippen molar-refractivity contribution in [2.75, 3.05) is 0 Å². The molecule has 2 aliphatic rings. The highest BCUT2D eigenvalue weighted by molar-refractivity contribution is 9.10. The van der Waals surface area contributed by atoms with Crippen LogP contribution in [0.4, 0.5) is 0 Å². The number of hydrogen-bond donors (Lipinski definition) is 0. The average molecular weight is 280 g/mol. The van der Waals surface area contributed by atoms with E-state index >= 15 is 0 Å². The number of hydrogen-bond acceptors (Lipinski definition) is 1. The maximum Gasteiger partial charge on any atom is 0.254 e. The van der Waals surface area contributed by atoms with Gasteiger partial charge in [-0.2, -0.15) is 0 Å². The van der Waals surface area contributed by atoms with Crippen LogP contribution in [0.3, 0.4) is 0 Å². The van der Waals surface area contributed by atoms with E-state index in [-0.39, 0.29) is 5.91 Å². The number of carbonyl (C=O) groups excluding carboxylic acids is 1. The van der Waals surface area contributed by atoms with Crippen LogP contribution in [0.25, 0.3) is 0 Å². The Balaban J connectivity index is 1.90. The van der Waals surface area contributed by atoms with Gasteiger partial charge in [-0.1, -0.05) is 28.8 Å². The Labute approximate surface area is 104 Å². The van der Waals surface area contributed by atoms with Gasteiger partial charge in [0.2, 0.25) is 0 Å². The molecule has 0 spiro atoms. The Morgan fingerprint density at radius 2 is 2.00 bits per heavy atom. The lowest BCUT2D eigenvalue weighted by Gasteiger charge is -2.23. The van der Waals surface area contributed by atoms with Gasteiger partial charge in [0.05, 0.1) is 0 Å². The number of amides is 1. The summed E-state index contributed by atoms with van der Waals surface area (Å²) in [6.45, 7) is 0.804. The third-order valence-electron chi connectivity index (χ3n) is 3.66. The summed E-state index contributed by atoms with van der Waals surface area (Å²) in [5.74, 6) is 0.231. The molecule has 1 fully saturated rings. The second-order valence-corrected chi connectivity index (χ2v) is 5.59. The van der Waals surface area contributed by atoms with Gasteiger partial charge < -0.3 is 4.90 Å². The summed E-state index contributed by atoms with van der Waals surface area (Å²) in [5, 5.41) is 0. The minimum atomic E-state index is 0.231. The molecule has 1 aromatic rings. The maximum atomic E-state index is 12.2. The second-order valence-electron chi connectivity index (χ2n) is 4.67. The molecule has 1 aliphatic heterocycles. The molecule has 1 saturated carbocycles. The van der Waals surface area contributed by atoms with E-state index in [0.717, 1.165) is 16.6 Å². The van der Waals surface area contributed by atoms with Crippen LogP contribution in [0.5, 0.6) is 0 Å². The third-order valence-corrected chi connectivity index (χ3v) is 4.16. The molecular formula is C13H14BrNO. The highest BCUT2D eigenvalue weighted by atomic mass is 79.9. The molecular weight excluding hydrogens is 266 g/mol. The van der Waals surface area contributed by atoms with Crippen molar-refractivity contribution in [3.05, 3.63) is 33.8 Å². The third kappa shape index (κ3) is 1.58. The van der Waals surface area contributed by atoms with Crippen molar-refractivity contribution in [1.82, 2.24) is 4.90 Å². The van der Waals surface area contributed by atoms with Crippen molar-refractivity contribution in [3.63, 3.8) is 0 Å². The molecule has 84 valence electrons. The summed E-state index contributed by atoms with van der Waals surface area (Å²) in [4.78, 5) is 14.3. The fourth-order valence-electron chi connectivity index (χ4n) is 2.82. The molecule has 1 amide bonds. The molecule has 0 bridgehead atoms. The summed E-state index contributed by atoms with van der Waals surface area (Å²) >= 11 is 3.46. The molecule has 2 nitrogen and oxygen atoms in total. The number of carbonyl (C=O) groups is 1. The van der Waals surface area contributed by atoms with Gasteiger partial charge in [0.15, 0.2) is 0 Å². The zero-order valence-corrected chi connectivity index (χ0v) is 10.7. The van der Waals surface area contributed by atoms with Gasteiger partial charge in [-0.15, -0.1) is 0 Å². The molecule has 1 aromatic carbocycles. The SMILES string of the molecule is O=C1c2ccc(Br)cc2CN1C1CCCC1. The molecule has 0 N–H and O–H groups in total. The fourth-order valence-corrected chi connectivity index (χ4v) is 3.23. The monoisotopic (exact) mass is 279 g/mol. The first-order chi connectivity index (χ1) is 7.75. The fraction of sp³-hybridized carbons (Fsp3) is 0.462. The topological polar surface area (TPSA) is 20.3 Å². The Kier molecular flexibility index (Phi) is 2.51. The second kappa shape index (κ2) is 3.88. The summed E-state index contributed by atoms with van der Waals surface area (Å²) < 4.78 is 1.06. The highest BCUT2D eigenvalue weighted by Crippen LogP contribution is 2.32. The Hall–Kier alpha value is -0.830.